The Hall–Kier alpha value is -3.12. The van der Waals surface area contributed by atoms with Gasteiger partial charge in [0.2, 0.25) is 10.0 Å². The monoisotopic (exact) mass is 578 g/mol. The van der Waals surface area contributed by atoms with Gasteiger partial charge < -0.3 is 20.3 Å². The Morgan fingerprint density at radius 3 is 2.45 bits per heavy atom. The van der Waals surface area contributed by atoms with E-state index in [1.54, 1.807) is 24.3 Å². The lowest BCUT2D eigenvalue weighted by molar-refractivity contribution is -0.139. The number of ether oxygens (including phenoxy) is 1. The lowest BCUT2D eigenvalue weighted by atomic mass is 10.1. The summed E-state index contributed by atoms with van der Waals surface area (Å²) in [5.41, 5.74) is 1.88. The maximum absolute atomic E-state index is 13.7. The van der Waals surface area contributed by atoms with Crippen molar-refractivity contribution in [1.82, 2.24) is 5.32 Å². The molecular formula is C26H27ClN2O7S2. The predicted molar refractivity (Wildman–Crippen MR) is 147 cm³/mol. The van der Waals surface area contributed by atoms with E-state index in [1.165, 1.54) is 4.31 Å². The van der Waals surface area contributed by atoms with E-state index < -0.39 is 28.6 Å². The van der Waals surface area contributed by atoms with Crippen LogP contribution in [0.15, 0.2) is 54.6 Å². The number of anilines is 1. The van der Waals surface area contributed by atoms with Gasteiger partial charge in [-0.15, -0.1) is 11.3 Å². The molecule has 1 aromatic heterocycles. The number of nitrogens with one attached hydrogen (secondary N) is 1. The normalized spacial score (nSPS) is 14.2. The molecule has 0 atom stereocenters. The summed E-state index contributed by atoms with van der Waals surface area (Å²) in [6, 6.07) is 16.0. The second-order valence-corrected chi connectivity index (χ2v) is 12.1. The Morgan fingerprint density at radius 2 is 1.79 bits per heavy atom. The largest absolute Gasteiger partial charge is 0.479 e. The van der Waals surface area contributed by atoms with Crippen LogP contribution in [0.4, 0.5) is 5.69 Å². The van der Waals surface area contributed by atoms with Crippen molar-refractivity contribution < 1.29 is 33.0 Å². The number of benzene rings is 2. The van der Waals surface area contributed by atoms with Crippen molar-refractivity contribution in [3.8, 4) is 16.2 Å². The van der Waals surface area contributed by atoms with Gasteiger partial charge in [-0.1, -0.05) is 54.1 Å². The van der Waals surface area contributed by atoms with E-state index in [-0.39, 0.29) is 27.4 Å². The minimum absolute atomic E-state index is 0.0360. The molecule has 0 spiro atoms. The van der Waals surface area contributed by atoms with Crippen molar-refractivity contribution in [2.45, 2.75) is 25.3 Å². The minimum Gasteiger partial charge on any atom is -0.479 e. The van der Waals surface area contributed by atoms with Gasteiger partial charge >= 0.3 is 11.9 Å². The molecule has 1 saturated heterocycles. The highest BCUT2D eigenvalue weighted by Crippen LogP contribution is 2.46. The second kappa shape index (κ2) is 12.2. The number of aryl methyl sites for hydroxylation is 1. The molecule has 1 aliphatic heterocycles. The van der Waals surface area contributed by atoms with Gasteiger partial charge in [0.25, 0.3) is 0 Å². The number of aromatic carboxylic acids is 1. The fourth-order valence-electron chi connectivity index (χ4n) is 4.40. The zero-order valence-corrected chi connectivity index (χ0v) is 22.7. The summed E-state index contributed by atoms with van der Waals surface area (Å²) in [5, 5.41) is 21.8. The summed E-state index contributed by atoms with van der Waals surface area (Å²) >= 11 is 7.31. The van der Waals surface area contributed by atoms with E-state index in [4.69, 9.17) is 21.4 Å². The van der Waals surface area contributed by atoms with Gasteiger partial charge in [-0.05, 0) is 55.6 Å². The second-order valence-electron chi connectivity index (χ2n) is 8.77. The number of hydrogen-bond donors (Lipinski definition) is 3. The highest BCUT2D eigenvalue weighted by Gasteiger charge is 2.32. The molecule has 38 heavy (non-hydrogen) atoms. The Bertz CT molecular complexity index is 1400. The van der Waals surface area contributed by atoms with Crippen LogP contribution in [0, 0.1) is 0 Å². The van der Waals surface area contributed by atoms with Gasteiger partial charge in [-0.3, -0.25) is 4.31 Å². The van der Waals surface area contributed by atoms with E-state index in [0.717, 1.165) is 16.9 Å². The predicted octanol–water partition coefficient (Wildman–Crippen LogP) is 4.36. The molecule has 3 aromatic rings. The Balaban J connectivity index is 1.71. The fourth-order valence-corrected chi connectivity index (χ4v) is 7.59. The number of thiophene rings is 1. The zero-order valence-electron chi connectivity index (χ0n) is 20.3. The van der Waals surface area contributed by atoms with E-state index in [9.17, 15) is 23.1 Å². The SMILES string of the molecule is O=C(O)COc1c(C(=O)O)sc(-c2cccc(N(C3CCNCC3)S(=O)(=O)CCc3ccccc3)c2)c1Cl. The lowest BCUT2D eigenvalue weighted by Crippen LogP contribution is -2.47. The summed E-state index contributed by atoms with van der Waals surface area (Å²) in [5.74, 6) is -2.87. The molecule has 3 N–H and O–H groups in total. The van der Waals surface area contributed by atoms with Crippen molar-refractivity contribution in [3.05, 3.63) is 70.1 Å². The zero-order chi connectivity index (χ0) is 27.3. The molecular weight excluding hydrogens is 552 g/mol. The molecule has 1 fully saturated rings. The average Bonchev–Trinajstić information content (AvgIpc) is 3.24. The van der Waals surface area contributed by atoms with Crippen LogP contribution in [-0.4, -0.2) is 62.1 Å². The first kappa shape index (κ1) is 27.9. The first-order valence-electron chi connectivity index (χ1n) is 11.9. The molecule has 0 unspecified atom stereocenters. The molecule has 12 heteroatoms. The van der Waals surface area contributed by atoms with Crippen molar-refractivity contribution in [2.24, 2.45) is 0 Å². The minimum atomic E-state index is -3.72. The Morgan fingerprint density at radius 1 is 1.08 bits per heavy atom. The van der Waals surface area contributed by atoms with Gasteiger partial charge in [0, 0.05) is 6.04 Å². The lowest BCUT2D eigenvalue weighted by Gasteiger charge is -2.35. The highest BCUT2D eigenvalue weighted by molar-refractivity contribution is 7.92. The summed E-state index contributed by atoms with van der Waals surface area (Å²) in [4.78, 5) is 22.9. The molecule has 0 aliphatic carbocycles. The number of carboxylic acids is 2. The number of nitrogens with zero attached hydrogens (tertiary/aromatic N) is 1. The van der Waals surface area contributed by atoms with Gasteiger partial charge in [0.1, 0.15) is 5.02 Å². The highest BCUT2D eigenvalue weighted by atomic mass is 35.5. The molecule has 2 aromatic carbocycles. The van der Waals surface area contributed by atoms with Crippen molar-refractivity contribution >= 4 is 50.6 Å². The van der Waals surface area contributed by atoms with Crippen molar-refractivity contribution in [1.29, 1.82) is 0 Å². The van der Waals surface area contributed by atoms with E-state index >= 15 is 0 Å². The number of carbonyl (C=O) groups is 2. The number of carboxylic acid groups (broad SMARTS) is 2. The van der Waals surface area contributed by atoms with Crippen LogP contribution < -0.4 is 14.4 Å². The molecule has 1 aliphatic rings. The number of aliphatic carboxylic acids is 1. The van der Waals surface area contributed by atoms with Crippen LogP contribution in [0.2, 0.25) is 5.02 Å². The third kappa shape index (κ3) is 6.47. The van der Waals surface area contributed by atoms with Crippen LogP contribution in [0.1, 0.15) is 28.1 Å². The molecule has 0 amide bonds. The topological polar surface area (TPSA) is 133 Å². The van der Waals surface area contributed by atoms with Gasteiger partial charge in [0.15, 0.2) is 17.2 Å². The van der Waals surface area contributed by atoms with Gasteiger partial charge in [-0.2, -0.15) is 0 Å². The first-order chi connectivity index (χ1) is 18.2. The maximum atomic E-state index is 13.7. The summed E-state index contributed by atoms with van der Waals surface area (Å²) < 4.78 is 34.2. The van der Waals surface area contributed by atoms with E-state index in [1.807, 2.05) is 30.3 Å². The molecule has 2 heterocycles. The van der Waals surface area contributed by atoms with E-state index in [0.29, 0.717) is 48.5 Å². The first-order valence-corrected chi connectivity index (χ1v) is 14.7. The molecule has 4 rings (SSSR count). The summed E-state index contributed by atoms with van der Waals surface area (Å²) in [6.45, 7) is 0.634. The van der Waals surface area contributed by atoms with Crippen LogP contribution in [0.3, 0.4) is 0 Å². The quantitative estimate of drug-likeness (QED) is 0.306. The van der Waals surface area contributed by atoms with Crippen LogP contribution in [0.5, 0.6) is 5.75 Å². The van der Waals surface area contributed by atoms with Gasteiger partial charge in [-0.25, -0.2) is 18.0 Å². The smallest absolute Gasteiger partial charge is 0.349 e. The van der Waals surface area contributed by atoms with E-state index in [2.05, 4.69) is 5.32 Å². The Kier molecular flexibility index (Phi) is 8.93. The van der Waals surface area contributed by atoms with Crippen molar-refractivity contribution in [2.75, 3.05) is 29.8 Å². The number of rotatable bonds is 11. The fraction of sp³-hybridized carbons (Fsp3) is 0.308. The molecule has 0 radical (unpaired) electrons. The van der Waals surface area contributed by atoms with Crippen LogP contribution >= 0.6 is 22.9 Å². The third-order valence-electron chi connectivity index (χ3n) is 6.14. The standard InChI is InChI=1S/C26H27ClN2O7S2/c27-22-23(36-16-21(30)31)25(26(32)33)37-24(22)18-7-4-8-20(15-18)29(19-9-12-28-13-10-19)38(34,35)14-11-17-5-2-1-3-6-17/h1-8,15,19,28H,9-14,16H2,(H,30,31)(H,32,33). The molecule has 0 saturated carbocycles. The number of piperidine rings is 1. The molecule has 9 nitrogen and oxygen atoms in total. The Labute approximate surface area is 229 Å². The number of sulfonamides is 1. The molecule has 202 valence electrons. The maximum Gasteiger partial charge on any atom is 0.349 e. The van der Waals surface area contributed by atoms with Crippen LogP contribution in [0.25, 0.3) is 10.4 Å². The summed E-state index contributed by atoms with van der Waals surface area (Å²) in [7, 11) is -3.72. The molecule has 0 bridgehead atoms. The average molecular weight is 579 g/mol. The number of hydrogen-bond acceptors (Lipinski definition) is 7. The van der Waals surface area contributed by atoms with Crippen molar-refractivity contribution in [3.63, 3.8) is 0 Å². The van der Waals surface area contributed by atoms with Crippen LogP contribution in [-0.2, 0) is 21.2 Å². The third-order valence-corrected chi connectivity index (χ3v) is 9.65. The number of halogens is 1. The summed E-state index contributed by atoms with van der Waals surface area (Å²) in [6.07, 6.45) is 1.66. The van der Waals surface area contributed by atoms with Gasteiger partial charge in [0.05, 0.1) is 16.3 Å².